The Hall–Kier alpha value is -1.86. The molecular formula is C19H23N3O3S. The number of carbonyl (C=O) groups is 1. The molecule has 0 amide bonds. The van der Waals surface area contributed by atoms with Crippen LogP contribution >= 0.6 is 11.8 Å². The molecule has 1 aromatic heterocycles. The van der Waals surface area contributed by atoms with Gasteiger partial charge in [-0.05, 0) is 56.2 Å². The molecule has 7 heteroatoms. The highest BCUT2D eigenvalue weighted by atomic mass is 32.2. The van der Waals surface area contributed by atoms with E-state index in [0.29, 0.717) is 11.7 Å². The number of hydrogen-bond donors (Lipinski definition) is 1. The first kappa shape index (κ1) is 17.5. The number of H-pyrrole nitrogens is 1. The molecule has 1 aliphatic heterocycles. The standard InChI is InChI=1S/C19H23N3O3S/c1-12(17(23)15-8-7-13-4-2-5-14(13)10-15)26-19-21-20-18(24)22(19)11-16-6-3-9-25-16/h7-8,10,12,16H,2-6,9,11H2,1H3,(H,20,24). The van der Waals surface area contributed by atoms with Crippen LogP contribution in [0.2, 0.25) is 0 Å². The van der Waals surface area contributed by atoms with Crippen molar-refractivity contribution in [2.24, 2.45) is 0 Å². The molecule has 0 saturated carbocycles. The average Bonchev–Trinajstić information content (AvgIpc) is 3.38. The number of aryl methyl sites for hydroxylation is 2. The smallest absolute Gasteiger partial charge is 0.344 e. The molecule has 4 rings (SSSR count). The molecule has 1 saturated heterocycles. The van der Waals surface area contributed by atoms with E-state index in [1.165, 1.54) is 29.3 Å². The second kappa shape index (κ2) is 7.40. The third kappa shape index (κ3) is 3.50. The summed E-state index contributed by atoms with van der Waals surface area (Å²) in [7, 11) is 0. The normalized spacial score (nSPS) is 20.3. The molecule has 0 bridgehead atoms. The first-order valence-electron chi connectivity index (χ1n) is 9.21. The van der Waals surface area contributed by atoms with Crippen molar-refractivity contribution in [1.82, 2.24) is 14.8 Å². The zero-order valence-electron chi connectivity index (χ0n) is 14.9. The summed E-state index contributed by atoms with van der Waals surface area (Å²) >= 11 is 1.33. The Kier molecular flexibility index (Phi) is 5.00. The first-order chi connectivity index (χ1) is 12.6. The summed E-state index contributed by atoms with van der Waals surface area (Å²) in [4.78, 5) is 24.9. The predicted molar refractivity (Wildman–Crippen MR) is 99.9 cm³/mol. The van der Waals surface area contributed by atoms with Crippen molar-refractivity contribution in [3.8, 4) is 0 Å². The molecule has 1 N–H and O–H groups in total. The van der Waals surface area contributed by atoms with Crippen molar-refractivity contribution in [3.05, 3.63) is 45.4 Å². The minimum atomic E-state index is -0.312. The number of nitrogens with zero attached hydrogens (tertiary/aromatic N) is 2. The van der Waals surface area contributed by atoms with Crippen molar-refractivity contribution in [1.29, 1.82) is 0 Å². The lowest BCUT2D eigenvalue weighted by atomic mass is 10.0. The Bertz CT molecular complexity index is 867. The Morgan fingerprint density at radius 2 is 2.23 bits per heavy atom. The van der Waals surface area contributed by atoms with E-state index in [1.807, 2.05) is 19.1 Å². The van der Waals surface area contributed by atoms with Gasteiger partial charge in [0.15, 0.2) is 10.9 Å². The van der Waals surface area contributed by atoms with E-state index >= 15 is 0 Å². The molecule has 2 heterocycles. The monoisotopic (exact) mass is 373 g/mol. The number of ketones is 1. The fourth-order valence-electron chi connectivity index (χ4n) is 3.72. The van der Waals surface area contributed by atoms with Gasteiger partial charge in [0, 0.05) is 12.2 Å². The van der Waals surface area contributed by atoms with Crippen LogP contribution in [0.5, 0.6) is 0 Å². The lowest BCUT2D eigenvalue weighted by Crippen LogP contribution is -2.25. The molecule has 138 valence electrons. The van der Waals surface area contributed by atoms with Crippen LogP contribution < -0.4 is 5.69 Å². The lowest BCUT2D eigenvalue weighted by Gasteiger charge is -2.14. The van der Waals surface area contributed by atoms with Crippen LogP contribution in [-0.2, 0) is 24.1 Å². The van der Waals surface area contributed by atoms with Crippen molar-refractivity contribution in [2.45, 2.75) is 62.1 Å². The largest absolute Gasteiger partial charge is 0.376 e. The summed E-state index contributed by atoms with van der Waals surface area (Å²) in [6, 6.07) is 6.04. The van der Waals surface area contributed by atoms with Crippen LogP contribution in [0.3, 0.4) is 0 Å². The highest BCUT2D eigenvalue weighted by Crippen LogP contribution is 2.27. The predicted octanol–water partition coefficient (Wildman–Crippen LogP) is 2.60. The Morgan fingerprint density at radius 1 is 1.38 bits per heavy atom. The fourth-order valence-corrected chi connectivity index (χ4v) is 4.66. The van der Waals surface area contributed by atoms with Gasteiger partial charge >= 0.3 is 5.69 Å². The van der Waals surface area contributed by atoms with Gasteiger partial charge in [-0.3, -0.25) is 9.36 Å². The first-order valence-corrected chi connectivity index (χ1v) is 10.1. The summed E-state index contributed by atoms with van der Waals surface area (Å²) in [6.45, 7) is 3.10. The molecule has 2 aromatic rings. The number of fused-ring (bicyclic) bond motifs is 1. The van der Waals surface area contributed by atoms with Gasteiger partial charge in [0.1, 0.15) is 0 Å². The van der Waals surface area contributed by atoms with E-state index in [1.54, 1.807) is 4.57 Å². The summed E-state index contributed by atoms with van der Waals surface area (Å²) in [6.07, 6.45) is 5.35. The number of nitrogens with one attached hydrogen (secondary N) is 1. The topological polar surface area (TPSA) is 77.0 Å². The number of aromatic nitrogens is 3. The SMILES string of the molecule is CC(Sc1n[nH]c(=O)n1CC1CCCO1)C(=O)c1ccc2c(c1)CCC2. The number of benzene rings is 1. The Balaban J connectivity index is 1.48. The van der Waals surface area contributed by atoms with Crippen LogP contribution in [0.4, 0.5) is 0 Å². The van der Waals surface area contributed by atoms with Crippen LogP contribution in [0.15, 0.2) is 28.2 Å². The number of thioether (sulfide) groups is 1. The Morgan fingerprint density at radius 3 is 3.04 bits per heavy atom. The van der Waals surface area contributed by atoms with Gasteiger partial charge in [-0.1, -0.05) is 23.9 Å². The molecule has 2 unspecified atom stereocenters. The van der Waals surface area contributed by atoms with E-state index in [-0.39, 0.29) is 22.8 Å². The van der Waals surface area contributed by atoms with E-state index in [4.69, 9.17) is 4.74 Å². The lowest BCUT2D eigenvalue weighted by molar-refractivity contribution is 0.0941. The summed E-state index contributed by atoms with van der Waals surface area (Å²) < 4.78 is 7.21. The van der Waals surface area contributed by atoms with Crippen LogP contribution in [0.25, 0.3) is 0 Å². The van der Waals surface area contributed by atoms with Gasteiger partial charge in [-0.15, -0.1) is 5.10 Å². The number of ether oxygens (including phenoxy) is 1. The molecule has 6 nitrogen and oxygen atoms in total. The van der Waals surface area contributed by atoms with Gasteiger partial charge in [-0.2, -0.15) is 0 Å². The van der Waals surface area contributed by atoms with Gasteiger partial charge in [-0.25, -0.2) is 9.89 Å². The van der Waals surface area contributed by atoms with Gasteiger partial charge < -0.3 is 4.74 Å². The third-order valence-corrected chi connectivity index (χ3v) is 6.26. The fraction of sp³-hybridized carbons (Fsp3) is 0.526. The van der Waals surface area contributed by atoms with E-state index in [0.717, 1.165) is 37.9 Å². The number of aromatic amines is 1. The maximum absolute atomic E-state index is 12.8. The van der Waals surface area contributed by atoms with Crippen LogP contribution in [0.1, 0.15) is 47.7 Å². The highest BCUT2D eigenvalue weighted by Gasteiger charge is 2.24. The molecule has 1 aliphatic carbocycles. The molecule has 2 atom stereocenters. The van der Waals surface area contributed by atoms with Crippen LogP contribution in [-0.4, -0.2) is 38.5 Å². The van der Waals surface area contributed by atoms with Gasteiger partial charge in [0.2, 0.25) is 0 Å². The maximum Gasteiger partial charge on any atom is 0.344 e. The Labute approximate surface area is 156 Å². The maximum atomic E-state index is 12.8. The molecular weight excluding hydrogens is 350 g/mol. The summed E-state index contributed by atoms with van der Waals surface area (Å²) in [5.74, 6) is 0.0730. The zero-order valence-corrected chi connectivity index (χ0v) is 15.7. The van der Waals surface area contributed by atoms with Crippen molar-refractivity contribution < 1.29 is 9.53 Å². The molecule has 0 radical (unpaired) electrons. The van der Waals surface area contributed by atoms with Crippen LogP contribution in [0, 0.1) is 0 Å². The molecule has 1 fully saturated rings. The second-order valence-electron chi connectivity index (χ2n) is 7.02. The van der Waals surface area contributed by atoms with E-state index in [9.17, 15) is 9.59 Å². The molecule has 26 heavy (non-hydrogen) atoms. The highest BCUT2D eigenvalue weighted by molar-refractivity contribution is 8.00. The van der Waals surface area contributed by atoms with Gasteiger partial charge in [0.05, 0.1) is 17.9 Å². The molecule has 2 aliphatic rings. The number of Topliss-reactive ketones (excluding diaryl/α,β-unsaturated/α-hetero) is 1. The van der Waals surface area contributed by atoms with Crippen molar-refractivity contribution in [2.75, 3.05) is 6.61 Å². The molecule has 1 aromatic carbocycles. The summed E-state index contributed by atoms with van der Waals surface area (Å²) in [5.41, 5.74) is 3.15. The minimum absolute atomic E-state index is 0.0485. The number of carbonyl (C=O) groups excluding carboxylic acids is 1. The second-order valence-corrected chi connectivity index (χ2v) is 8.33. The number of hydrogen-bond acceptors (Lipinski definition) is 5. The van der Waals surface area contributed by atoms with Gasteiger partial charge in [0.25, 0.3) is 0 Å². The van der Waals surface area contributed by atoms with E-state index < -0.39 is 0 Å². The van der Waals surface area contributed by atoms with E-state index in [2.05, 4.69) is 16.3 Å². The quantitative estimate of drug-likeness (QED) is 0.622. The zero-order chi connectivity index (χ0) is 18.1. The average molecular weight is 373 g/mol. The third-order valence-electron chi connectivity index (χ3n) is 5.17. The summed E-state index contributed by atoms with van der Waals surface area (Å²) in [5, 5.41) is 6.85. The number of rotatable bonds is 6. The van der Waals surface area contributed by atoms with Crippen molar-refractivity contribution in [3.63, 3.8) is 0 Å². The molecule has 0 spiro atoms. The van der Waals surface area contributed by atoms with Crippen molar-refractivity contribution >= 4 is 17.5 Å². The minimum Gasteiger partial charge on any atom is -0.376 e.